The molecule has 8 heteroatoms. The molecule has 0 radical (unpaired) electrons. The Balaban J connectivity index is 1.68. The molecule has 0 spiro atoms. The van der Waals surface area contributed by atoms with Crippen molar-refractivity contribution in [1.29, 1.82) is 5.26 Å². The Labute approximate surface area is 176 Å². The molecule has 1 aliphatic rings. The summed E-state index contributed by atoms with van der Waals surface area (Å²) in [5.41, 5.74) is 2.98. The largest absolute Gasteiger partial charge is 0.462 e. The van der Waals surface area contributed by atoms with Gasteiger partial charge in [0, 0.05) is 16.1 Å². The first-order valence-corrected chi connectivity index (χ1v) is 10.5. The van der Waals surface area contributed by atoms with Gasteiger partial charge in [-0.25, -0.2) is 9.78 Å². The predicted octanol–water partition coefficient (Wildman–Crippen LogP) is 5.57. The van der Waals surface area contributed by atoms with Crippen LogP contribution in [0.2, 0.25) is 5.02 Å². The van der Waals surface area contributed by atoms with E-state index in [1.54, 1.807) is 25.1 Å². The molecule has 1 N–H and O–H groups in total. The number of anilines is 1. The van der Waals surface area contributed by atoms with Crippen molar-refractivity contribution >= 4 is 50.6 Å². The summed E-state index contributed by atoms with van der Waals surface area (Å²) in [6.45, 7) is 2.10. The molecule has 0 aliphatic heterocycles. The van der Waals surface area contributed by atoms with Crippen LogP contribution in [0.4, 0.5) is 5.00 Å². The highest BCUT2D eigenvalue weighted by Crippen LogP contribution is 2.39. The molecule has 3 aromatic rings. The molecule has 29 heavy (non-hydrogen) atoms. The molecule has 2 aromatic heterocycles. The Kier molecular flexibility index (Phi) is 5.56. The number of nitriles is 1. The number of carbonyl (C=O) groups is 1. The minimum absolute atomic E-state index is 0.191. The summed E-state index contributed by atoms with van der Waals surface area (Å²) >= 11 is 7.53. The van der Waals surface area contributed by atoms with Crippen molar-refractivity contribution in [2.45, 2.75) is 32.6 Å². The fraction of sp³-hybridized carbons (Fsp3) is 0.286. The number of hydrogen-bond donors (Lipinski definition) is 1. The summed E-state index contributed by atoms with van der Waals surface area (Å²) in [5, 5.41) is 13.9. The lowest BCUT2D eigenvalue weighted by molar-refractivity contribution is 0.0526. The Morgan fingerprint density at radius 3 is 3.07 bits per heavy atom. The lowest BCUT2D eigenvalue weighted by Gasteiger charge is -2.12. The first kappa shape index (κ1) is 19.5. The number of nitrogens with zero attached hydrogens (tertiary/aromatic N) is 2. The fourth-order valence-electron chi connectivity index (χ4n) is 3.38. The number of oxazole rings is 1. The van der Waals surface area contributed by atoms with Gasteiger partial charge in [-0.2, -0.15) is 5.26 Å². The van der Waals surface area contributed by atoms with Crippen LogP contribution in [0.3, 0.4) is 0 Å². The Morgan fingerprint density at radius 2 is 2.28 bits per heavy atom. The molecule has 1 aromatic carbocycles. The second-order valence-corrected chi connectivity index (χ2v) is 8.12. The normalized spacial score (nSPS) is 13.8. The van der Waals surface area contributed by atoms with E-state index in [2.05, 4.69) is 16.4 Å². The van der Waals surface area contributed by atoms with Gasteiger partial charge in [0.05, 0.1) is 12.2 Å². The molecular formula is C21H18ClN3O3S. The Bertz CT molecular complexity index is 1160. The standard InChI is InChI=1S/C21H18ClN3O3S/c1-2-27-21(26)18-14-5-3-4-6-17(14)29-20(18)24-11-12(10-23)19-25-15-9-13(22)7-8-16(15)28-19/h7-9,11,24H,2-6H2,1H3/b12-11+. The van der Waals surface area contributed by atoms with Crippen molar-refractivity contribution in [1.82, 2.24) is 4.98 Å². The van der Waals surface area contributed by atoms with Crippen LogP contribution in [0.15, 0.2) is 28.8 Å². The molecule has 0 fully saturated rings. The zero-order valence-corrected chi connectivity index (χ0v) is 17.3. The van der Waals surface area contributed by atoms with E-state index in [-0.39, 0.29) is 17.4 Å². The summed E-state index contributed by atoms with van der Waals surface area (Å²) in [4.78, 5) is 18.1. The molecule has 2 heterocycles. The van der Waals surface area contributed by atoms with E-state index < -0.39 is 0 Å². The highest BCUT2D eigenvalue weighted by Gasteiger charge is 2.26. The monoisotopic (exact) mass is 427 g/mol. The van der Waals surface area contributed by atoms with Gasteiger partial charge >= 0.3 is 5.97 Å². The fourth-order valence-corrected chi connectivity index (χ4v) is 4.80. The van der Waals surface area contributed by atoms with Crippen molar-refractivity contribution in [3.05, 3.63) is 51.3 Å². The Morgan fingerprint density at radius 1 is 1.45 bits per heavy atom. The molecule has 0 saturated heterocycles. The number of rotatable bonds is 5. The lowest BCUT2D eigenvalue weighted by atomic mass is 9.95. The van der Waals surface area contributed by atoms with E-state index in [9.17, 15) is 10.1 Å². The zero-order chi connectivity index (χ0) is 20.4. The number of fused-ring (bicyclic) bond motifs is 2. The maximum Gasteiger partial charge on any atom is 0.341 e. The van der Waals surface area contributed by atoms with E-state index in [1.807, 2.05) is 0 Å². The Hall–Kier alpha value is -2.82. The van der Waals surface area contributed by atoms with E-state index in [4.69, 9.17) is 20.8 Å². The van der Waals surface area contributed by atoms with Crippen molar-refractivity contribution in [3.63, 3.8) is 0 Å². The van der Waals surface area contributed by atoms with Gasteiger partial charge in [0.25, 0.3) is 0 Å². The average Bonchev–Trinajstić information content (AvgIpc) is 3.29. The van der Waals surface area contributed by atoms with Gasteiger partial charge in [-0.1, -0.05) is 11.6 Å². The van der Waals surface area contributed by atoms with Gasteiger partial charge in [0.1, 0.15) is 22.2 Å². The van der Waals surface area contributed by atoms with Crippen LogP contribution in [0.1, 0.15) is 46.5 Å². The lowest BCUT2D eigenvalue weighted by Crippen LogP contribution is -2.10. The highest BCUT2D eigenvalue weighted by atomic mass is 35.5. The van der Waals surface area contributed by atoms with Gasteiger partial charge in [-0.3, -0.25) is 0 Å². The molecule has 0 unspecified atom stereocenters. The van der Waals surface area contributed by atoms with Crippen LogP contribution in [0, 0.1) is 11.3 Å². The topological polar surface area (TPSA) is 88.1 Å². The van der Waals surface area contributed by atoms with Gasteiger partial charge in [0.2, 0.25) is 5.89 Å². The summed E-state index contributed by atoms with van der Waals surface area (Å²) in [7, 11) is 0. The van der Waals surface area contributed by atoms with E-state index in [1.165, 1.54) is 22.4 Å². The highest BCUT2D eigenvalue weighted by molar-refractivity contribution is 7.16. The van der Waals surface area contributed by atoms with E-state index in [0.29, 0.717) is 33.3 Å². The van der Waals surface area contributed by atoms with Crippen molar-refractivity contribution in [3.8, 4) is 6.07 Å². The van der Waals surface area contributed by atoms with Gasteiger partial charge in [0.15, 0.2) is 5.58 Å². The number of aryl methyl sites for hydroxylation is 1. The molecule has 0 bridgehead atoms. The molecule has 1 aliphatic carbocycles. The zero-order valence-electron chi connectivity index (χ0n) is 15.8. The molecule has 0 atom stereocenters. The first-order chi connectivity index (χ1) is 14.1. The maximum atomic E-state index is 12.5. The molecular weight excluding hydrogens is 410 g/mol. The number of esters is 1. The van der Waals surface area contributed by atoms with Crippen LogP contribution in [0.25, 0.3) is 16.7 Å². The number of benzene rings is 1. The summed E-state index contributed by atoms with van der Waals surface area (Å²) in [6.07, 6.45) is 5.50. The first-order valence-electron chi connectivity index (χ1n) is 9.35. The number of hydrogen-bond acceptors (Lipinski definition) is 7. The van der Waals surface area contributed by atoms with Gasteiger partial charge in [-0.15, -0.1) is 11.3 Å². The minimum atomic E-state index is -0.335. The third kappa shape index (κ3) is 3.86. The summed E-state index contributed by atoms with van der Waals surface area (Å²) < 4.78 is 10.9. The predicted molar refractivity (Wildman–Crippen MR) is 113 cm³/mol. The molecule has 148 valence electrons. The SMILES string of the molecule is CCOC(=O)c1c(N/C=C(\C#N)c2nc3cc(Cl)ccc3o2)sc2c1CCCC2. The molecule has 6 nitrogen and oxygen atoms in total. The second-order valence-electron chi connectivity index (χ2n) is 6.58. The maximum absolute atomic E-state index is 12.5. The van der Waals surface area contributed by atoms with Crippen molar-refractivity contribution < 1.29 is 13.9 Å². The minimum Gasteiger partial charge on any atom is -0.462 e. The van der Waals surface area contributed by atoms with Crippen LogP contribution in [-0.4, -0.2) is 17.6 Å². The van der Waals surface area contributed by atoms with E-state index in [0.717, 1.165) is 31.2 Å². The average molecular weight is 428 g/mol. The third-order valence-electron chi connectivity index (χ3n) is 4.70. The number of aromatic nitrogens is 1. The summed E-state index contributed by atoms with van der Waals surface area (Å²) in [6, 6.07) is 7.19. The molecule has 4 rings (SSSR count). The van der Waals surface area contributed by atoms with Crippen LogP contribution in [0.5, 0.6) is 0 Å². The van der Waals surface area contributed by atoms with Gasteiger partial charge < -0.3 is 14.5 Å². The van der Waals surface area contributed by atoms with Gasteiger partial charge in [-0.05, 0) is 56.4 Å². The van der Waals surface area contributed by atoms with Crippen LogP contribution in [-0.2, 0) is 17.6 Å². The quantitative estimate of drug-likeness (QED) is 0.422. The number of halogens is 1. The van der Waals surface area contributed by atoms with Crippen molar-refractivity contribution in [2.75, 3.05) is 11.9 Å². The number of thiophene rings is 1. The number of allylic oxidation sites excluding steroid dienone is 1. The molecule has 0 saturated carbocycles. The van der Waals surface area contributed by atoms with Crippen LogP contribution < -0.4 is 5.32 Å². The number of ether oxygens (including phenoxy) is 1. The number of carbonyl (C=O) groups excluding carboxylic acids is 1. The third-order valence-corrected chi connectivity index (χ3v) is 6.16. The number of nitrogens with one attached hydrogen (secondary N) is 1. The molecule has 0 amide bonds. The second kappa shape index (κ2) is 8.27. The summed E-state index contributed by atoms with van der Waals surface area (Å²) in [5.74, 6) is -0.144. The van der Waals surface area contributed by atoms with Crippen molar-refractivity contribution in [2.24, 2.45) is 0 Å². The van der Waals surface area contributed by atoms with Crippen LogP contribution >= 0.6 is 22.9 Å². The van der Waals surface area contributed by atoms with E-state index >= 15 is 0 Å². The smallest absolute Gasteiger partial charge is 0.341 e.